The third kappa shape index (κ3) is 4.04. The number of rotatable bonds is 6. The summed E-state index contributed by atoms with van der Waals surface area (Å²) in [7, 11) is 1.39. The third-order valence-electron chi connectivity index (χ3n) is 5.91. The largest absolute Gasteiger partial charge is 0.465 e. The van der Waals surface area contributed by atoms with Crippen LogP contribution >= 0.6 is 12.2 Å². The maximum Gasteiger partial charge on any atom is 0.339 e. The SMILES string of the molecule is COC(=O)c1ccccc1-n1cccc1C1C(c2ccccn2)NC(=S)N1Cc1ccccn1. The quantitative estimate of drug-likeness (QED) is 0.335. The molecular weight excluding hydrogens is 446 g/mol. The summed E-state index contributed by atoms with van der Waals surface area (Å²) in [6.07, 6.45) is 5.51. The van der Waals surface area contributed by atoms with Crippen LogP contribution in [0, 0.1) is 0 Å². The second-order valence-corrected chi connectivity index (χ2v) is 8.27. The Labute approximate surface area is 203 Å². The van der Waals surface area contributed by atoms with Crippen LogP contribution in [0.5, 0.6) is 0 Å². The summed E-state index contributed by atoms with van der Waals surface area (Å²) in [6, 6.07) is 22.8. The van der Waals surface area contributed by atoms with Crippen LogP contribution in [0.15, 0.2) is 91.4 Å². The minimum Gasteiger partial charge on any atom is -0.465 e. The Bertz CT molecular complexity index is 1310. The van der Waals surface area contributed by atoms with Crippen LogP contribution in [0.1, 0.15) is 39.5 Å². The molecule has 0 aliphatic carbocycles. The number of esters is 1. The summed E-state index contributed by atoms with van der Waals surface area (Å²) in [6.45, 7) is 0.532. The van der Waals surface area contributed by atoms with E-state index in [1.807, 2.05) is 71.4 Å². The number of thiocarbonyl (C=S) groups is 1. The summed E-state index contributed by atoms with van der Waals surface area (Å²) in [4.78, 5) is 23.8. The van der Waals surface area contributed by atoms with Crippen LogP contribution in [-0.2, 0) is 11.3 Å². The van der Waals surface area contributed by atoms with Crippen LogP contribution in [0.3, 0.4) is 0 Å². The first-order chi connectivity index (χ1) is 16.7. The average molecular weight is 470 g/mol. The lowest BCUT2D eigenvalue weighted by atomic mass is 10.0. The molecule has 2 unspecified atom stereocenters. The molecule has 4 heterocycles. The second-order valence-electron chi connectivity index (χ2n) is 7.89. The molecule has 5 rings (SSSR count). The predicted molar refractivity (Wildman–Crippen MR) is 132 cm³/mol. The summed E-state index contributed by atoms with van der Waals surface area (Å²) in [5, 5.41) is 4.09. The molecule has 1 fully saturated rings. The Hall–Kier alpha value is -4.04. The fraction of sp³-hybridized carbons (Fsp3) is 0.154. The van der Waals surface area contributed by atoms with Gasteiger partial charge in [-0.2, -0.15) is 0 Å². The van der Waals surface area contributed by atoms with Gasteiger partial charge in [0.1, 0.15) is 0 Å². The Balaban J connectivity index is 1.63. The number of pyridine rings is 2. The Kier molecular flexibility index (Phi) is 6.05. The van der Waals surface area contributed by atoms with E-state index in [1.165, 1.54) is 7.11 Å². The molecule has 1 N–H and O–H groups in total. The zero-order valence-corrected chi connectivity index (χ0v) is 19.4. The fourth-order valence-corrected chi connectivity index (χ4v) is 4.69. The molecule has 8 heteroatoms. The molecular formula is C26H23N5O2S. The molecule has 1 aliphatic heterocycles. The lowest BCUT2D eigenvalue weighted by Crippen LogP contribution is -2.30. The van der Waals surface area contributed by atoms with Crippen molar-refractivity contribution in [3.8, 4) is 5.69 Å². The molecule has 3 aromatic heterocycles. The number of para-hydroxylation sites is 1. The minimum absolute atomic E-state index is 0.184. The molecule has 7 nitrogen and oxygen atoms in total. The molecule has 4 aromatic rings. The van der Waals surface area contributed by atoms with Crippen LogP contribution in [0.2, 0.25) is 0 Å². The fourth-order valence-electron chi connectivity index (χ4n) is 4.38. The van der Waals surface area contributed by atoms with Gasteiger partial charge in [0, 0.05) is 24.3 Å². The number of ether oxygens (including phenoxy) is 1. The molecule has 0 amide bonds. The van der Waals surface area contributed by atoms with Crippen LogP contribution in [0.25, 0.3) is 5.69 Å². The first kappa shape index (κ1) is 21.8. The van der Waals surface area contributed by atoms with Crippen molar-refractivity contribution in [1.82, 2.24) is 24.8 Å². The molecule has 0 bridgehead atoms. The monoisotopic (exact) mass is 469 g/mol. The van der Waals surface area contributed by atoms with Crippen LogP contribution < -0.4 is 5.32 Å². The number of methoxy groups -OCH3 is 1. The predicted octanol–water partition coefficient (Wildman–Crippen LogP) is 4.23. The Morgan fingerprint density at radius 2 is 1.76 bits per heavy atom. The van der Waals surface area contributed by atoms with Crippen LogP contribution in [-0.4, -0.2) is 37.6 Å². The van der Waals surface area contributed by atoms with E-state index in [9.17, 15) is 4.79 Å². The van der Waals surface area contributed by atoms with Gasteiger partial charge >= 0.3 is 5.97 Å². The molecule has 1 saturated heterocycles. The smallest absolute Gasteiger partial charge is 0.339 e. The van der Waals surface area contributed by atoms with Gasteiger partial charge in [-0.3, -0.25) is 9.97 Å². The normalized spacial score (nSPS) is 17.4. The lowest BCUT2D eigenvalue weighted by Gasteiger charge is -2.29. The van der Waals surface area contributed by atoms with E-state index in [1.54, 1.807) is 18.5 Å². The summed E-state index contributed by atoms with van der Waals surface area (Å²) >= 11 is 5.79. The Morgan fingerprint density at radius 3 is 2.50 bits per heavy atom. The molecule has 2 atom stereocenters. The van der Waals surface area contributed by atoms with E-state index >= 15 is 0 Å². The van der Waals surface area contributed by atoms with E-state index in [0.29, 0.717) is 17.2 Å². The highest BCUT2D eigenvalue weighted by Crippen LogP contribution is 2.40. The van der Waals surface area contributed by atoms with Gasteiger partial charge in [-0.1, -0.05) is 24.3 Å². The maximum absolute atomic E-state index is 12.5. The number of hydrogen-bond acceptors (Lipinski definition) is 5. The maximum atomic E-state index is 12.5. The van der Waals surface area contributed by atoms with Crippen molar-refractivity contribution in [3.63, 3.8) is 0 Å². The summed E-state index contributed by atoms with van der Waals surface area (Å²) in [5.41, 5.74) is 3.99. The molecule has 170 valence electrons. The van der Waals surface area contributed by atoms with E-state index in [2.05, 4.69) is 26.3 Å². The molecule has 0 spiro atoms. The van der Waals surface area contributed by atoms with Gasteiger partial charge in [0.05, 0.1) is 48.4 Å². The third-order valence-corrected chi connectivity index (χ3v) is 6.26. The zero-order valence-electron chi connectivity index (χ0n) is 18.5. The first-order valence-corrected chi connectivity index (χ1v) is 11.3. The second kappa shape index (κ2) is 9.44. The van der Waals surface area contributed by atoms with E-state index < -0.39 is 0 Å². The molecule has 1 aliphatic rings. The zero-order chi connectivity index (χ0) is 23.5. The van der Waals surface area contributed by atoms with E-state index in [4.69, 9.17) is 17.0 Å². The topological polar surface area (TPSA) is 72.3 Å². The van der Waals surface area contributed by atoms with Crippen LogP contribution in [0.4, 0.5) is 0 Å². The first-order valence-electron chi connectivity index (χ1n) is 10.9. The molecule has 0 saturated carbocycles. The van der Waals surface area contributed by atoms with Gasteiger partial charge in [0.2, 0.25) is 0 Å². The van der Waals surface area contributed by atoms with Gasteiger partial charge in [0.25, 0.3) is 0 Å². The van der Waals surface area contributed by atoms with E-state index in [0.717, 1.165) is 22.8 Å². The van der Waals surface area contributed by atoms with Crippen molar-refractivity contribution < 1.29 is 9.53 Å². The number of carbonyl (C=O) groups is 1. The summed E-state index contributed by atoms with van der Waals surface area (Å²) in [5.74, 6) is -0.387. The standard InChI is InChI=1S/C26H23N5O2S/c1-33-25(32)19-10-2-3-12-21(19)30-16-8-13-22(30)24-23(20-11-5-7-15-28-20)29-26(34)31(24)17-18-9-4-6-14-27-18/h2-16,23-24H,17H2,1H3,(H,29,34). The van der Waals surface area contributed by atoms with Gasteiger partial charge < -0.3 is 19.5 Å². The number of hydrogen-bond donors (Lipinski definition) is 1. The molecule has 34 heavy (non-hydrogen) atoms. The summed E-state index contributed by atoms with van der Waals surface area (Å²) < 4.78 is 7.06. The number of carbonyl (C=O) groups excluding carboxylic acids is 1. The molecule has 0 radical (unpaired) electrons. The van der Waals surface area contributed by atoms with Crippen molar-refractivity contribution in [1.29, 1.82) is 0 Å². The van der Waals surface area contributed by atoms with Gasteiger partial charge in [0.15, 0.2) is 5.11 Å². The highest BCUT2D eigenvalue weighted by Gasteiger charge is 2.41. The lowest BCUT2D eigenvalue weighted by molar-refractivity contribution is 0.0600. The van der Waals surface area contributed by atoms with Gasteiger partial charge in [-0.25, -0.2) is 4.79 Å². The van der Waals surface area contributed by atoms with Gasteiger partial charge in [-0.05, 0) is 60.7 Å². The van der Waals surface area contributed by atoms with Crippen molar-refractivity contribution >= 4 is 23.3 Å². The molecule has 1 aromatic carbocycles. The number of benzene rings is 1. The highest BCUT2D eigenvalue weighted by atomic mass is 32.1. The van der Waals surface area contributed by atoms with Crippen molar-refractivity contribution in [2.75, 3.05) is 7.11 Å². The number of nitrogens with one attached hydrogen (secondary N) is 1. The average Bonchev–Trinajstić information content (AvgIpc) is 3.49. The minimum atomic E-state index is -0.387. The Morgan fingerprint density at radius 1 is 1.00 bits per heavy atom. The van der Waals surface area contributed by atoms with Gasteiger partial charge in [-0.15, -0.1) is 0 Å². The highest BCUT2D eigenvalue weighted by molar-refractivity contribution is 7.80. The van der Waals surface area contributed by atoms with E-state index in [-0.39, 0.29) is 18.1 Å². The number of nitrogens with zero attached hydrogens (tertiary/aromatic N) is 4. The number of aromatic nitrogens is 3. The van der Waals surface area contributed by atoms with Crippen molar-refractivity contribution in [2.24, 2.45) is 0 Å². The van der Waals surface area contributed by atoms with Crippen molar-refractivity contribution in [3.05, 3.63) is 114 Å². The van der Waals surface area contributed by atoms with Crippen molar-refractivity contribution in [2.45, 2.75) is 18.6 Å².